The zero-order valence-electron chi connectivity index (χ0n) is 9.53. The Balaban J connectivity index is 3.71. The zero-order valence-corrected chi connectivity index (χ0v) is 9.53. The lowest BCUT2D eigenvalue weighted by Crippen LogP contribution is -2.29. The molecule has 0 aliphatic rings. The standard InChI is InChI=1S/C10H20F3NO/c1-8(15-3)7-9(14-2)5-4-6-10(11,12)13/h8-9,14H,4-7H2,1-3H3. The quantitative estimate of drug-likeness (QED) is 0.722. The van der Waals surface area contributed by atoms with Crippen molar-refractivity contribution in [3.63, 3.8) is 0 Å². The van der Waals surface area contributed by atoms with Crippen LogP contribution in [0.2, 0.25) is 0 Å². The van der Waals surface area contributed by atoms with E-state index in [1.807, 2.05) is 6.92 Å². The topological polar surface area (TPSA) is 21.3 Å². The molecule has 0 saturated heterocycles. The monoisotopic (exact) mass is 227 g/mol. The van der Waals surface area contributed by atoms with Gasteiger partial charge in [-0.05, 0) is 33.2 Å². The first-order valence-electron chi connectivity index (χ1n) is 5.16. The Labute approximate surface area is 89.2 Å². The summed E-state index contributed by atoms with van der Waals surface area (Å²) in [5, 5.41) is 3.01. The van der Waals surface area contributed by atoms with E-state index in [9.17, 15) is 13.2 Å². The third-order valence-corrected chi connectivity index (χ3v) is 2.44. The lowest BCUT2D eigenvalue weighted by Gasteiger charge is -2.19. The normalized spacial score (nSPS) is 16.4. The Morgan fingerprint density at radius 3 is 2.33 bits per heavy atom. The summed E-state index contributed by atoms with van der Waals surface area (Å²) in [6, 6.07) is 0.0994. The molecule has 2 nitrogen and oxygen atoms in total. The molecule has 1 N–H and O–H groups in total. The highest BCUT2D eigenvalue weighted by Crippen LogP contribution is 2.23. The number of halogens is 3. The van der Waals surface area contributed by atoms with Gasteiger partial charge in [-0.2, -0.15) is 13.2 Å². The summed E-state index contributed by atoms with van der Waals surface area (Å²) in [7, 11) is 3.37. The van der Waals surface area contributed by atoms with Gasteiger partial charge in [-0.1, -0.05) is 0 Å². The molecule has 0 aliphatic heterocycles. The van der Waals surface area contributed by atoms with Crippen molar-refractivity contribution in [3.05, 3.63) is 0 Å². The molecule has 5 heteroatoms. The van der Waals surface area contributed by atoms with Crippen LogP contribution in [0.3, 0.4) is 0 Å². The zero-order chi connectivity index (χ0) is 11.9. The SMILES string of the molecule is CNC(CCCC(F)(F)F)CC(C)OC. The second-order valence-corrected chi connectivity index (χ2v) is 3.78. The molecule has 2 unspecified atom stereocenters. The number of methoxy groups -OCH3 is 1. The van der Waals surface area contributed by atoms with Gasteiger partial charge in [0.1, 0.15) is 0 Å². The number of rotatable bonds is 7. The number of nitrogens with one attached hydrogen (secondary N) is 1. The van der Waals surface area contributed by atoms with Crippen LogP contribution < -0.4 is 5.32 Å². The second-order valence-electron chi connectivity index (χ2n) is 3.78. The van der Waals surface area contributed by atoms with Crippen LogP contribution in [0, 0.1) is 0 Å². The second kappa shape index (κ2) is 7.06. The lowest BCUT2D eigenvalue weighted by atomic mass is 10.0. The van der Waals surface area contributed by atoms with E-state index in [0.29, 0.717) is 6.42 Å². The van der Waals surface area contributed by atoms with Gasteiger partial charge < -0.3 is 10.1 Å². The van der Waals surface area contributed by atoms with Gasteiger partial charge in [-0.25, -0.2) is 0 Å². The largest absolute Gasteiger partial charge is 0.389 e. The van der Waals surface area contributed by atoms with E-state index in [1.54, 1.807) is 14.2 Å². The first-order chi connectivity index (χ1) is 6.89. The molecule has 0 bridgehead atoms. The Morgan fingerprint density at radius 1 is 1.33 bits per heavy atom. The average molecular weight is 227 g/mol. The summed E-state index contributed by atoms with van der Waals surface area (Å²) < 4.78 is 40.7. The Hall–Kier alpha value is -0.290. The first-order valence-corrected chi connectivity index (χ1v) is 5.16. The molecule has 0 saturated carbocycles. The molecule has 2 atom stereocenters. The van der Waals surface area contributed by atoms with Crippen molar-refractivity contribution in [3.8, 4) is 0 Å². The maximum absolute atomic E-state index is 11.9. The minimum absolute atomic E-state index is 0.0772. The summed E-state index contributed by atoms with van der Waals surface area (Å²) in [5.74, 6) is 0. The van der Waals surface area contributed by atoms with Gasteiger partial charge in [0.05, 0.1) is 6.10 Å². The molecule has 0 aromatic heterocycles. The minimum atomic E-state index is -4.04. The fourth-order valence-electron chi connectivity index (χ4n) is 1.43. The molecule has 0 aromatic carbocycles. The lowest BCUT2D eigenvalue weighted by molar-refractivity contribution is -0.135. The maximum atomic E-state index is 11.9. The van der Waals surface area contributed by atoms with E-state index in [2.05, 4.69) is 5.32 Å². The summed E-state index contributed by atoms with van der Waals surface area (Å²) in [6.45, 7) is 1.91. The van der Waals surface area contributed by atoms with Crippen LogP contribution >= 0.6 is 0 Å². The van der Waals surface area contributed by atoms with Crippen molar-refractivity contribution in [2.45, 2.75) is 50.9 Å². The van der Waals surface area contributed by atoms with E-state index >= 15 is 0 Å². The van der Waals surface area contributed by atoms with E-state index < -0.39 is 12.6 Å². The Bertz CT molecular complexity index is 161. The number of hydrogen-bond donors (Lipinski definition) is 1. The molecule has 0 spiro atoms. The molecule has 0 fully saturated rings. The third-order valence-electron chi connectivity index (χ3n) is 2.44. The predicted octanol–water partition coefficient (Wildman–Crippen LogP) is 2.73. The third kappa shape index (κ3) is 8.69. The summed E-state index contributed by atoms with van der Waals surface area (Å²) in [5.41, 5.74) is 0. The molecule has 92 valence electrons. The van der Waals surface area contributed by atoms with Gasteiger partial charge >= 0.3 is 6.18 Å². The van der Waals surface area contributed by atoms with Gasteiger partial charge in [0.15, 0.2) is 0 Å². The summed E-state index contributed by atoms with van der Waals surface area (Å²) >= 11 is 0. The smallest absolute Gasteiger partial charge is 0.382 e. The van der Waals surface area contributed by atoms with E-state index in [1.165, 1.54) is 0 Å². The van der Waals surface area contributed by atoms with Crippen LogP contribution in [0.4, 0.5) is 13.2 Å². The van der Waals surface area contributed by atoms with Crippen LogP contribution in [0.5, 0.6) is 0 Å². The minimum Gasteiger partial charge on any atom is -0.382 e. The highest BCUT2D eigenvalue weighted by Gasteiger charge is 2.26. The molecule has 0 aliphatic carbocycles. The highest BCUT2D eigenvalue weighted by atomic mass is 19.4. The van der Waals surface area contributed by atoms with E-state index in [0.717, 1.165) is 6.42 Å². The van der Waals surface area contributed by atoms with Crippen molar-refractivity contribution in [2.24, 2.45) is 0 Å². The summed E-state index contributed by atoms with van der Waals surface area (Å²) in [6.07, 6.45) is -3.22. The fraction of sp³-hybridized carbons (Fsp3) is 1.00. The number of hydrogen-bond acceptors (Lipinski definition) is 2. The van der Waals surface area contributed by atoms with Gasteiger partial charge in [0.25, 0.3) is 0 Å². The molecule has 0 rings (SSSR count). The molecular weight excluding hydrogens is 207 g/mol. The van der Waals surface area contributed by atoms with Crippen LogP contribution in [-0.4, -0.2) is 32.5 Å². The first kappa shape index (κ1) is 14.7. The van der Waals surface area contributed by atoms with E-state index in [4.69, 9.17) is 4.74 Å². The molecule has 0 aromatic rings. The fourth-order valence-corrected chi connectivity index (χ4v) is 1.43. The molecule has 0 heterocycles. The van der Waals surface area contributed by atoms with E-state index in [-0.39, 0.29) is 18.6 Å². The van der Waals surface area contributed by atoms with Gasteiger partial charge in [0, 0.05) is 19.6 Å². The average Bonchev–Trinajstić information content (AvgIpc) is 2.14. The van der Waals surface area contributed by atoms with Crippen molar-refractivity contribution in [2.75, 3.05) is 14.2 Å². The Kier molecular flexibility index (Phi) is 6.92. The van der Waals surface area contributed by atoms with Crippen molar-refractivity contribution in [1.82, 2.24) is 5.32 Å². The number of alkyl halides is 3. The van der Waals surface area contributed by atoms with Crippen LogP contribution in [0.15, 0.2) is 0 Å². The summed E-state index contributed by atoms with van der Waals surface area (Å²) in [4.78, 5) is 0. The van der Waals surface area contributed by atoms with Gasteiger partial charge in [-0.3, -0.25) is 0 Å². The van der Waals surface area contributed by atoms with Crippen LogP contribution in [0.25, 0.3) is 0 Å². The maximum Gasteiger partial charge on any atom is 0.389 e. The van der Waals surface area contributed by atoms with Crippen LogP contribution in [0.1, 0.15) is 32.6 Å². The van der Waals surface area contributed by atoms with Crippen molar-refractivity contribution >= 4 is 0 Å². The Morgan fingerprint density at radius 2 is 1.93 bits per heavy atom. The van der Waals surface area contributed by atoms with Crippen LogP contribution in [-0.2, 0) is 4.74 Å². The van der Waals surface area contributed by atoms with Gasteiger partial charge in [0.2, 0.25) is 0 Å². The van der Waals surface area contributed by atoms with Crippen molar-refractivity contribution < 1.29 is 17.9 Å². The number of ether oxygens (including phenoxy) is 1. The predicted molar refractivity (Wildman–Crippen MR) is 53.8 cm³/mol. The molecule has 0 amide bonds. The highest BCUT2D eigenvalue weighted by molar-refractivity contribution is 4.69. The molecule has 15 heavy (non-hydrogen) atoms. The van der Waals surface area contributed by atoms with Crippen molar-refractivity contribution in [1.29, 1.82) is 0 Å². The van der Waals surface area contributed by atoms with Gasteiger partial charge in [-0.15, -0.1) is 0 Å². The molecule has 0 radical (unpaired) electrons. The molecular formula is C10H20F3NO.